The van der Waals surface area contributed by atoms with E-state index >= 15 is 0 Å². The van der Waals surface area contributed by atoms with Gasteiger partial charge in [0.15, 0.2) is 0 Å². The van der Waals surface area contributed by atoms with Crippen molar-refractivity contribution in [2.24, 2.45) is 0 Å². The van der Waals surface area contributed by atoms with E-state index in [-0.39, 0.29) is 0 Å². The Labute approximate surface area is 147 Å². The summed E-state index contributed by atoms with van der Waals surface area (Å²) in [6.07, 6.45) is 1.25. The van der Waals surface area contributed by atoms with Crippen LogP contribution in [0.2, 0.25) is 0 Å². The van der Waals surface area contributed by atoms with Gasteiger partial charge in [-0.15, -0.1) is 0 Å². The number of aromatic amines is 1. The smallest absolute Gasteiger partial charge is 0.412 e. The van der Waals surface area contributed by atoms with E-state index in [0.29, 0.717) is 11.4 Å². The number of hydrogen-bond donors (Lipinski definition) is 2. The van der Waals surface area contributed by atoms with Crippen molar-refractivity contribution >= 4 is 22.7 Å². The summed E-state index contributed by atoms with van der Waals surface area (Å²) in [5, 5.41) is 3.63. The summed E-state index contributed by atoms with van der Waals surface area (Å²) >= 11 is 0. The van der Waals surface area contributed by atoms with Gasteiger partial charge in [-0.25, -0.2) is 4.79 Å². The van der Waals surface area contributed by atoms with Gasteiger partial charge in [0.05, 0.1) is 5.69 Å². The average Bonchev–Trinajstić information content (AvgIpc) is 2.90. The minimum atomic E-state index is -0.546. The Morgan fingerprint density at radius 1 is 1.04 bits per heavy atom. The minimum Gasteiger partial charge on any atom is -0.457 e. The molecule has 0 fully saturated rings. The number of anilines is 1. The topological polar surface area (TPSA) is 63.3 Å². The van der Waals surface area contributed by atoms with Crippen LogP contribution in [0.25, 0.3) is 10.9 Å². The standard InChI is InChI=1S/C20H22N2O3/c1-13-5-7-14(8-6-13)24-15-9-10-17-16(11-15)18(12-21-17)22-19(23)25-20(2,3)4/h5-12,21H,1-4H3,(H,22,23). The number of nitrogens with one attached hydrogen (secondary N) is 2. The van der Waals surface area contributed by atoms with Gasteiger partial charge in [-0.05, 0) is 58.0 Å². The van der Waals surface area contributed by atoms with Gasteiger partial charge in [0.25, 0.3) is 0 Å². The van der Waals surface area contributed by atoms with Gasteiger partial charge in [0, 0.05) is 17.1 Å². The molecule has 0 atom stereocenters. The zero-order valence-electron chi connectivity index (χ0n) is 14.8. The van der Waals surface area contributed by atoms with Crippen LogP contribution in [0.4, 0.5) is 10.5 Å². The second kappa shape index (κ2) is 6.51. The molecule has 5 heteroatoms. The molecule has 0 unspecified atom stereocenters. The van der Waals surface area contributed by atoms with Gasteiger partial charge in [-0.1, -0.05) is 17.7 Å². The zero-order chi connectivity index (χ0) is 18.0. The van der Waals surface area contributed by atoms with Crippen molar-refractivity contribution in [1.29, 1.82) is 0 Å². The molecular weight excluding hydrogens is 316 g/mol. The summed E-state index contributed by atoms with van der Waals surface area (Å²) in [6.45, 7) is 7.52. The van der Waals surface area contributed by atoms with Crippen LogP contribution in [0, 0.1) is 6.92 Å². The Morgan fingerprint density at radius 2 is 1.72 bits per heavy atom. The second-order valence-corrected chi connectivity index (χ2v) is 6.95. The molecule has 2 N–H and O–H groups in total. The number of amides is 1. The number of carbonyl (C=O) groups is 1. The lowest BCUT2D eigenvalue weighted by atomic mass is 10.2. The van der Waals surface area contributed by atoms with Gasteiger partial charge >= 0.3 is 6.09 Å². The Balaban J connectivity index is 1.81. The number of ether oxygens (including phenoxy) is 2. The quantitative estimate of drug-likeness (QED) is 0.652. The molecule has 0 radical (unpaired) electrons. The Morgan fingerprint density at radius 3 is 2.40 bits per heavy atom. The predicted octanol–water partition coefficient (Wildman–Crippen LogP) is 5.62. The van der Waals surface area contributed by atoms with E-state index in [9.17, 15) is 4.79 Å². The normalized spacial score (nSPS) is 11.4. The highest BCUT2D eigenvalue weighted by atomic mass is 16.6. The number of aromatic nitrogens is 1. The molecule has 0 saturated carbocycles. The summed E-state index contributed by atoms with van der Waals surface area (Å²) in [7, 11) is 0. The molecule has 0 saturated heterocycles. The van der Waals surface area contributed by atoms with Crippen LogP contribution in [0.5, 0.6) is 11.5 Å². The average molecular weight is 338 g/mol. The molecule has 1 heterocycles. The molecule has 25 heavy (non-hydrogen) atoms. The molecule has 0 aliphatic heterocycles. The fourth-order valence-corrected chi connectivity index (χ4v) is 2.42. The van der Waals surface area contributed by atoms with E-state index in [0.717, 1.165) is 16.7 Å². The largest absolute Gasteiger partial charge is 0.457 e. The number of fused-ring (bicyclic) bond motifs is 1. The lowest BCUT2D eigenvalue weighted by Gasteiger charge is -2.19. The monoisotopic (exact) mass is 338 g/mol. The van der Waals surface area contributed by atoms with E-state index in [1.807, 2.05) is 70.2 Å². The predicted molar refractivity (Wildman–Crippen MR) is 99.4 cm³/mol. The van der Waals surface area contributed by atoms with Gasteiger partial charge in [-0.3, -0.25) is 5.32 Å². The van der Waals surface area contributed by atoms with Crippen molar-refractivity contribution in [3.63, 3.8) is 0 Å². The van der Waals surface area contributed by atoms with E-state index < -0.39 is 11.7 Å². The van der Waals surface area contributed by atoms with Crippen LogP contribution >= 0.6 is 0 Å². The van der Waals surface area contributed by atoms with Crippen LogP contribution in [0.1, 0.15) is 26.3 Å². The SMILES string of the molecule is Cc1ccc(Oc2ccc3[nH]cc(NC(=O)OC(C)(C)C)c3c2)cc1. The minimum absolute atomic E-state index is 0.488. The highest BCUT2D eigenvalue weighted by Crippen LogP contribution is 2.30. The fourth-order valence-electron chi connectivity index (χ4n) is 2.42. The van der Waals surface area contributed by atoms with Crippen molar-refractivity contribution in [1.82, 2.24) is 4.98 Å². The summed E-state index contributed by atoms with van der Waals surface area (Å²) in [4.78, 5) is 15.1. The molecule has 0 aliphatic rings. The molecule has 5 nitrogen and oxygen atoms in total. The summed E-state index contributed by atoms with van der Waals surface area (Å²) in [5.41, 5.74) is 2.19. The molecule has 0 spiro atoms. The van der Waals surface area contributed by atoms with Crippen LogP contribution in [-0.4, -0.2) is 16.7 Å². The van der Waals surface area contributed by atoms with Crippen molar-refractivity contribution in [2.45, 2.75) is 33.3 Å². The molecular formula is C20H22N2O3. The Kier molecular flexibility index (Phi) is 4.40. The molecule has 0 aliphatic carbocycles. The zero-order valence-corrected chi connectivity index (χ0v) is 14.8. The number of rotatable bonds is 3. The molecule has 130 valence electrons. The Hall–Kier alpha value is -2.95. The van der Waals surface area contributed by atoms with Gasteiger partial charge < -0.3 is 14.5 Å². The third-order valence-electron chi connectivity index (χ3n) is 3.55. The number of benzene rings is 2. The van der Waals surface area contributed by atoms with Crippen LogP contribution in [0.15, 0.2) is 48.7 Å². The summed E-state index contributed by atoms with van der Waals surface area (Å²) < 4.78 is 11.2. The number of carbonyl (C=O) groups excluding carboxylic acids is 1. The van der Waals surface area contributed by atoms with E-state index in [1.165, 1.54) is 5.56 Å². The van der Waals surface area contributed by atoms with E-state index in [4.69, 9.17) is 9.47 Å². The van der Waals surface area contributed by atoms with Crippen LogP contribution in [0.3, 0.4) is 0 Å². The highest BCUT2D eigenvalue weighted by Gasteiger charge is 2.17. The summed E-state index contributed by atoms with van der Waals surface area (Å²) in [5.74, 6) is 1.46. The second-order valence-electron chi connectivity index (χ2n) is 6.95. The molecule has 1 amide bonds. The maximum atomic E-state index is 12.0. The molecule has 2 aromatic carbocycles. The van der Waals surface area contributed by atoms with E-state index in [1.54, 1.807) is 6.20 Å². The van der Waals surface area contributed by atoms with Gasteiger partial charge in [0.1, 0.15) is 17.1 Å². The third-order valence-corrected chi connectivity index (χ3v) is 3.55. The Bertz CT molecular complexity index is 889. The van der Waals surface area contributed by atoms with Gasteiger partial charge in [-0.2, -0.15) is 0 Å². The lowest BCUT2D eigenvalue weighted by molar-refractivity contribution is 0.0636. The number of hydrogen-bond acceptors (Lipinski definition) is 3. The van der Waals surface area contributed by atoms with Crippen molar-refractivity contribution < 1.29 is 14.3 Å². The first-order valence-corrected chi connectivity index (χ1v) is 8.16. The lowest BCUT2D eigenvalue weighted by Crippen LogP contribution is -2.27. The van der Waals surface area contributed by atoms with E-state index in [2.05, 4.69) is 10.3 Å². The first-order valence-electron chi connectivity index (χ1n) is 8.16. The molecule has 3 rings (SSSR count). The van der Waals surface area contributed by atoms with Gasteiger partial charge in [0.2, 0.25) is 0 Å². The van der Waals surface area contributed by atoms with Crippen LogP contribution < -0.4 is 10.1 Å². The third kappa shape index (κ3) is 4.32. The molecule has 3 aromatic rings. The maximum absolute atomic E-state index is 12.0. The van der Waals surface area contributed by atoms with Crippen molar-refractivity contribution in [3.05, 3.63) is 54.2 Å². The fraction of sp³-hybridized carbons (Fsp3) is 0.250. The maximum Gasteiger partial charge on any atom is 0.412 e. The van der Waals surface area contributed by atoms with Crippen LogP contribution in [-0.2, 0) is 4.74 Å². The molecule has 1 aromatic heterocycles. The number of aryl methyl sites for hydroxylation is 1. The van der Waals surface area contributed by atoms with Crippen molar-refractivity contribution in [3.8, 4) is 11.5 Å². The molecule has 0 bridgehead atoms. The first kappa shape index (κ1) is 16.9. The highest BCUT2D eigenvalue weighted by molar-refractivity contribution is 6.00. The summed E-state index contributed by atoms with van der Waals surface area (Å²) in [6, 6.07) is 13.5. The van der Waals surface area contributed by atoms with Crippen molar-refractivity contribution in [2.75, 3.05) is 5.32 Å². The first-order chi connectivity index (χ1) is 11.8. The number of H-pyrrole nitrogens is 1.